The van der Waals surface area contributed by atoms with E-state index >= 15 is 0 Å². The van der Waals surface area contributed by atoms with Crippen LogP contribution in [0.15, 0.2) is 34.8 Å². The second kappa shape index (κ2) is 10.4. The minimum absolute atomic E-state index is 0.105. The van der Waals surface area contributed by atoms with Crippen LogP contribution in [0.25, 0.3) is 5.52 Å². The Morgan fingerprint density at radius 1 is 1.21 bits per heavy atom. The molecule has 0 aromatic carbocycles. The zero-order chi connectivity index (χ0) is 20.7. The topological polar surface area (TPSA) is 66.3 Å². The lowest BCUT2D eigenvalue weighted by atomic mass is 9.98. The van der Waals surface area contributed by atoms with E-state index in [2.05, 4.69) is 45.1 Å². The maximum absolute atomic E-state index is 12.3. The van der Waals surface area contributed by atoms with Crippen molar-refractivity contribution in [3.8, 4) is 0 Å². The number of aryl methyl sites for hydroxylation is 1. The fraction of sp³-hybridized carbons (Fsp3) is 0.591. The number of nitrogens with zero attached hydrogens (tertiary/aromatic N) is 4. The number of hydrogen-bond acceptors (Lipinski definition) is 4. The highest BCUT2D eigenvalue weighted by atomic mass is 16.1. The van der Waals surface area contributed by atoms with Gasteiger partial charge in [-0.25, -0.2) is 9.50 Å². The van der Waals surface area contributed by atoms with Crippen molar-refractivity contribution in [2.75, 3.05) is 19.6 Å². The Morgan fingerprint density at radius 2 is 1.96 bits per heavy atom. The minimum atomic E-state index is -0.105. The van der Waals surface area contributed by atoms with E-state index in [4.69, 9.17) is 0 Å². The highest BCUT2D eigenvalue weighted by Crippen LogP contribution is 2.31. The third kappa shape index (κ3) is 4.79. The van der Waals surface area contributed by atoms with E-state index in [0.717, 1.165) is 44.1 Å². The van der Waals surface area contributed by atoms with E-state index in [1.54, 1.807) is 10.7 Å². The van der Waals surface area contributed by atoms with E-state index in [1.165, 1.54) is 5.57 Å². The number of likely N-dealkylation sites (tertiary alicyclic amines) is 1. The summed E-state index contributed by atoms with van der Waals surface area (Å²) in [6, 6.07) is 0. The first-order chi connectivity index (χ1) is 13.6. The van der Waals surface area contributed by atoms with Gasteiger partial charge in [0, 0.05) is 25.6 Å². The molecule has 1 aliphatic carbocycles. The Balaban J connectivity index is 0.000000660. The van der Waals surface area contributed by atoms with Gasteiger partial charge in [0.05, 0.1) is 6.20 Å². The van der Waals surface area contributed by atoms with Crippen molar-refractivity contribution in [1.82, 2.24) is 24.5 Å². The molecule has 1 N–H and O–H groups in total. The summed E-state index contributed by atoms with van der Waals surface area (Å²) in [7, 11) is 0. The van der Waals surface area contributed by atoms with Crippen LogP contribution in [0, 0.1) is 12.8 Å². The maximum Gasteiger partial charge on any atom is 0.276 e. The molecule has 2 unspecified atom stereocenters. The van der Waals surface area contributed by atoms with Gasteiger partial charge in [-0.2, -0.15) is 5.10 Å². The van der Waals surface area contributed by atoms with Gasteiger partial charge in [0.25, 0.3) is 5.56 Å². The predicted molar refractivity (Wildman–Crippen MR) is 116 cm³/mol. The van der Waals surface area contributed by atoms with Gasteiger partial charge in [-0.1, -0.05) is 58.4 Å². The van der Waals surface area contributed by atoms with Gasteiger partial charge in [-0.05, 0) is 25.7 Å². The van der Waals surface area contributed by atoms with Gasteiger partial charge in [-0.15, -0.1) is 0 Å². The fourth-order valence-corrected chi connectivity index (χ4v) is 3.82. The quantitative estimate of drug-likeness (QED) is 0.864. The van der Waals surface area contributed by atoms with Crippen molar-refractivity contribution in [3.63, 3.8) is 0 Å². The summed E-state index contributed by atoms with van der Waals surface area (Å²) in [5, 5.41) is 4.66. The molecule has 2 atom stereocenters. The van der Waals surface area contributed by atoms with Gasteiger partial charge >= 0.3 is 0 Å². The first-order valence-corrected chi connectivity index (χ1v) is 10.6. The van der Waals surface area contributed by atoms with Crippen LogP contribution in [-0.4, -0.2) is 44.1 Å². The molecule has 6 heteroatoms. The second-order valence-electron chi connectivity index (χ2n) is 7.01. The van der Waals surface area contributed by atoms with Crippen LogP contribution in [-0.2, 0) is 0 Å². The summed E-state index contributed by atoms with van der Waals surface area (Å²) >= 11 is 0. The molecular weight excluding hydrogens is 350 g/mol. The molecule has 28 heavy (non-hydrogen) atoms. The van der Waals surface area contributed by atoms with Crippen LogP contribution in [0.3, 0.4) is 0 Å². The zero-order valence-corrected chi connectivity index (χ0v) is 18.2. The Kier molecular flexibility index (Phi) is 8.18. The predicted octanol–water partition coefficient (Wildman–Crippen LogP) is 4.09. The number of rotatable bonds is 3. The monoisotopic (exact) mass is 385 g/mol. The molecule has 1 aliphatic heterocycles. The summed E-state index contributed by atoms with van der Waals surface area (Å²) < 4.78 is 1.66. The molecule has 4 rings (SSSR count). The Morgan fingerprint density at radius 3 is 2.64 bits per heavy atom. The minimum Gasteiger partial charge on any atom is -0.307 e. The van der Waals surface area contributed by atoms with Crippen molar-refractivity contribution in [2.45, 2.75) is 60.3 Å². The van der Waals surface area contributed by atoms with E-state index < -0.39 is 0 Å². The number of allylic oxidation sites excluding steroid dienone is 3. The third-order valence-corrected chi connectivity index (χ3v) is 5.16. The molecule has 0 spiro atoms. The fourth-order valence-electron chi connectivity index (χ4n) is 3.82. The Bertz CT molecular complexity index is 877. The van der Waals surface area contributed by atoms with E-state index in [-0.39, 0.29) is 11.5 Å². The number of hydrogen-bond donors (Lipinski definition) is 1. The lowest BCUT2D eigenvalue weighted by molar-refractivity contribution is 0.350. The summed E-state index contributed by atoms with van der Waals surface area (Å²) in [6.45, 7) is 15.1. The van der Waals surface area contributed by atoms with Crippen LogP contribution < -0.4 is 5.56 Å². The molecule has 0 amide bonds. The standard InChI is InChI=1S/C18H23N5O.2C2H6/c1-12-9-22(10-14-6-4-3-5-7-14)11-15(12)17-20-18(24)16-8-19-13(2)23(16)21-17;2*1-2/h3-4,6,8,12,15H,5,7,9-11H2,1-2H3,(H,20,21,24);2*1-2H3. The van der Waals surface area contributed by atoms with Gasteiger partial charge in [-0.3, -0.25) is 9.69 Å². The summed E-state index contributed by atoms with van der Waals surface area (Å²) in [4.78, 5) is 21.9. The lowest BCUT2D eigenvalue weighted by Crippen LogP contribution is -2.25. The molecule has 3 heterocycles. The average Bonchev–Trinajstić information content (AvgIpc) is 3.28. The molecule has 1 saturated heterocycles. The summed E-state index contributed by atoms with van der Waals surface area (Å²) in [5.41, 5.74) is 1.90. The van der Waals surface area contributed by atoms with Crippen molar-refractivity contribution in [1.29, 1.82) is 0 Å². The van der Waals surface area contributed by atoms with Crippen molar-refractivity contribution < 1.29 is 0 Å². The Labute approximate surface area is 168 Å². The van der Waals surface area contributed by atoms with Gasteiger partial charge < -0.3 is 4.98 Å². The molecule has 2 aromatic heterocycles. The molecule has 2 aromatic rings. The van der Waals surface area contributed by atoms with Gasteiger partial charge in [0.2, 0.25) is 0 Å². The van der Waals surface area contributed by atoms with E-state index in [1.807, 2.05) is 34.6 Å². The van der Waals surface area contributed by atoms with Crippen LogP contribution in [0.4, 0.5) is 0 Å². The molecule has 0 saturated carbocycles. The first-order valence-electron chi connectivity index (χ1n) is 10.6. The highest BCUT2D eigenvalue weighted by Gasteiger charge is 2.33. The number of aromatic nitrogens is 4. The summed E-state index contributed by atoms with van der Waals surface area (Å²) in [5.74, 6) is 2.25. The van der Waals surface area contributed by atoms with Crippen molar-refractivity contribution in [3.05, 3.63) is 52.0 Å². The zero-order valence-electron chi connectivity index (χ0n) is 18.2. The molecule has 154 valence electrons. The average molecular weight is 386 g/mol. The SMILES string of the molecule is CC.CC.Cc1ncc2c(=O)[nH]c(C3CN(CC4=CC=CCC4)CC3C)nn12. The van der Waals surface area contributed by atoms with Crippen molar-refractivity contribution >= 4 is 5.52 Å². The van der Waals surface area contributed by atoms with Crippen molar-refractivity contribution in [2.24, 2.45) is 5.92 Å². The summed E-state index contributed by atoms with van der Waals surface area (Å²) in [6.07, 6.45) is 10.5. The number of H-pyrrole nitrogens is 1. The van der Waals surface area contributed by atoms with Gasteiger partial charge in [0.15, 0.2) is 5.52 Å². The third-order valence-electron chi connectivity index (χ3n) is 5.16. The maximum atomic E-state index is 12.3. The molecule has 2 aliphatic rings. The van der Waals surface area contributed by atoms with E-state index in [0.29, 0.717) is 11.4 Å². The molecular formula is C22H35N5O. The van der Waals surface area contributed by atoms with Crippen LogP contribution in [0.1, 0.15) is 65.0 Å². The number of nitrogens with one attached hydrogen (secondary N) is 1. The molecule has 6 nitrogen and oxygen atoms in total. The smallest absolute Gasteiger partial charge is 0.276 e. The van der Waals surface area contributed by atoms with Crippen LogP contribution in [0.2, 0.25) is 0 Å². The normalized spacial score (nSPS) is 21.6. The number of aromatic amines is 1. The Hall–Kier alpha value is -2.21. The molecule has 0 bridgehead atoms. The largest absolute Gasteiger partial charge is 0.307 e. The first kappa shape index (κ1) is 22.1. The van der Waals surface area contributed by atoms with Gasteiger partial charge in [0.1, 0.15) is 11.6 Å². The number of imidazole rings is 1. The van der Waals surface area contributed by atoms with Crippen LogP contribution >= 0.6 is 0 Å². The second-order valence-corrected chi connectivity index (χ2v) is 7.01. The number of fused-ring (bicyclic) bond motifs is 1. The lowest BCUT2D eigenvalue weighted by Gasteiger charge is -2.19. The van der Waals surface area contributed by atoms with Crippen LogP contribution in [0.5, 0.6) is 0 Å². The van der Waals surface area contributed by atoms with E-state index in [9.17, 15) is 4.79 Å². The molecule has 1 fully saturated rings. The highest BCUT2D eigenvalue weighted by molar-refractivity contribution is 5.41. The molecule has 0 radical (unpaired) electrons.